The predicted molar refractivity (Wildman–Crippen MR) is 73.1 cm³/mol. The van der Waals surface area contributed by atoms with Gasteiger partial charge in [0, 0.05) is 0 Å². The molecule has 2 N–H and O–H groups in total. The van der Waals surface area contributed by atoms with Crippen molar-refractivity contribution >= 4 is 17.7 Å². The standard InChI is InChI=1S/C13H25NO2S/c1-3-9-17-10-7-11-6-5-8-13(11,14)12(15)16-4-2/h11H,3-10,14H2,1-2H3. The van der Waals surface area contributed by atoms with E-state index < -0.39 is 5.54 Å². The highest BCUT2D eigenvalue weighted by Gasteiger charge is 2.46. The fourth-order valence-corrected chi connectivity index (χ4v) is 3.45. The number of carbonyl (C=O) groups excluding carboxylic acids is 1. The number of ether oxygens (including phenoxy) is 1. The highest BCUT2D eigenvalue weighted by atomic mass is 32.2. The van der Waals surface area contributed by atoms with E-state index >= 15 is 0 Å². The molecule has 2 unspecified atom stereocenters. The van der Waals surface area contributed by atoms with E-state index in [-0.39, 0.29) is 5.97 Å². The third-order valence-corrected chi connectivity index (χ3v) is 4.71. The summed E-state index contributed by atoms with van der Waals surface area (Å²) in [7, 11) is 0. The molecule has 0 spiro atoms. The van der Waals surface area contributed by atoms with Crippen molar-refractivity contribution in [2.75, 3.05) is 18.1 Å². The highest BCUT2D eigenvalue weighted by molar-refractivity contribution is 7.99. The Morgan fingerprint density at radius 2 is 2.24 bits per heavy atom. The smallest absolute Gasteiger partial charge is 0.326 e. The van der Waals surface area contributed by atoms with Gasteiger partial charge in [0.15, 0.2) is 0 Å². The molecule has 3 nitrogen and oxygen atoms in total. The average Bonchev–Trinajstić information content (AvgIpc) is 2.68. The van der Waals surface area contributed by atoms with Gasteiger partial charge in [0.1, 0.15) is 5.54 Å². The first-order valence-corrected chi connectivity index (χ1v) is 7.84. The van der Waals surface area contributed by atoms with Crippen LogP contribution in [0.1, 0.15) is 46.0 Å². The zero-order valence-electron chi connectivity index (χ0n) is 11.0. The van der Waals surface area contributed by atoms with Crippen LogP contribution in [0.5, 0.6) is 0 Å². The van der Waals surface area contributed by atoms with Crippen molar-refractivity contribution in [1.82, 2.24) is 0 Å². The van der Waals surface area contributed by atoms with Gasteiger partial charge in [0.25, 0.3) is 0 Å². The molecular formula is C13H25NO2S. The maximum Gasteiger partial charge on any atom is 0.326 e. The van der Waals surface area contributed by atoms with Gasteiger partial charge in [-0.05, 0) is 50.0 Å². The summed E-state index contributed by atoms with van der Waals surface area (Å²) in [6.07, 6.45) is 5.16. The van der Waals surface area contributed by atoms with E-state index in [1.54, 1.807) is 0 Å². The molecule has 0 amide bonds. The monoisotopic (exact) mass is 259 g/mol. The molecule has 0 aromatic carbocycles. The molecule has 4 heteroatoms. The van der Waals surface area contributed by atoms with Gasteiger partial charge in [-0.3, -0.25) is 4.79 Å². The van der Waals surface area contributed by atoms with Crippen LogP contribution < -0.4 is 5.73 Å². The fraction of sp³-hybridized carbons (Fsp3) is 0.923. The van der Waals surface area contributed by atoms with Crippen LogP contribution in [0.15, 0.2) is 0 Å². The number of rotatable bonds is 7. The minimum atomic E-state index is -0.706. The summed E-state index contributed by atoms with van der Waals surface area (Å²) in [4.78, 5) is 11.9. The van der Waals surface area contributed by atoms with Crippen molar-refractivity contribution in [2.45, 2.75) is 51.5 Å². The molecule has 0 bridgehead atoms. The van der Waals surface area contributed by atoms with E-state index in [1.807, 2.05) is 18.7 Å². The summed E-state index contributed by atoms with van der Waals surface area (Å²) in [5.74, 6) is 2.43. The Hall–Kier alpha value is -0.220. The summed E-state index contributed by atoms with van der Waals surface area (Å²) in [6, 6.07) is 0. The van der Waals surface area contributed by atoms with Crippen molar-refractivity contribution in [3.8, 4) is 0 Å². The molecule has 0 aromatic rings. The van der Waals surface area contributed by atoms with Crippen LogP contribution in [0.25, 0.3) is 0 Å². The quantitative estimate of drug-likeness (QED) is 0.564. The Morgan fingerprint density at radius 1 is 1.47 bits per heavy atom. The van der Waals surface area contributed by atoms with Crippen LogP contribution in [0.2, 0.25) is 0 Å². The fourth-order valence-electron chi connectivity index (χ4n) is 2.51. The molecule has 100 valence electrons. The van der Waals surface area contributed by atoms with Gasteiger partial charge < -0.3 is 10.5 Å². The lowest BCUT2D eigenvalue weighted by Crippen LogP contribution is -2.52. The van der Waals surface area contributed by atoms with Crippen LogP contribution in [-0.2, 0) is 9.53 Å². The lowest BCUT2D eigenvalue weighted by Gasteiger charge is -2.28. The Kier molecular flexibility index (Phi) is 6.34. The van der Waals surface area contributed by atoms with Crippen LogP contribution in [0.3, 0.4) is 0 Å². The maximum absolute atomic E-state index is 11.9. The topological polar surface area (TPSA) is 52.3 Å². The van der Waals surface area contributed by atoms with Gasteiger partial charge in [-0.25, -0.2) is 0 Å². The van der Waals surface area contributed by atoms with Gasteiger partial charge in [-0.1, -0.05) is 13.3 Å². The summed E-state index contributed by atoms with van der Waals surface area (Å²) in [6.45, 7) is 4.45. The number of carbonyl (C=O) groups is 1. The molecule has 1 aliphatic carbocycles. The Morgan fingerprint density at radius 3 is 2.88 bits per heavy atom. The number of hydrogen-bond donors (Lipinski definition) is 1. The minimum Gasteiger partial charge on any atom is -0.465 e. The molecule has 0 radical (unpaired) electrons. The van der Waals surface area contributed by atoms with Crippen molar-refractivity contribution in [3.63, 3.8) is 0 Å². The zero-order chi connectivity index (χ0) is 12.7. The molecule has 0 saturated heterocycles. The number of esters is 1. The molecular weight excluding hydrogens is 234 g/mol. The van der Waals surface area contributed by atoms with Crippen molar-refractivity contribution in [3.05, 3.63) is 0 Å². The normalized spacial score (nSPS) is 28.3. The zero-order valence-corrected chi connectivity index (χ0v) is 11.9. The maximum atomic E-state index is 11.9. The molecule has 1 saturated carbocycles. The van der Waals surface area contributed by atoms with E-state index in [9.17, 15) is 4.79 Å². The summed E-state index contributed by atoms with van der Waals surface area (Å²) < 4.78 is 5.12. The first kappa shape index (κ1) is 14.8. The van der Waals surface area contributed by atoms with Crippen LogP contribution in [0.4, 0.5) is 0 Å². The van der Waals surface area contributed by atoms with Gasteiger partial charge in [-0.15, -0.1) is 0 Å². The third kappa shape index (κ3) is 3.88. The summed E-state index contributed by atoms with van der Waals surface area (Å²) in [5.41, 5.74) is 5.56. The van der Waals surface area contributed by atoms with E-state index in [0.717, 1.165) is 31.4 Å². The summed E-state index contributed by atoms with van der Waals surface area (Å²) in [5, 5.41) is 0. The molecule has 1 aliphatic rings. The Bertz CT molecular complexity index is 248. The summed E-state index contributed by atoms with van der Waals surface area (Å²) >= 11 is 1.96. The molecule has 0 aliphatic heterocycles. The lowest BCUT2D eigenvalue weighted by molar-refractivity contribution is -0.151. The van der Waals surface area contributed by atoms with E-state index in [1.165, 1.54) is 12.2 Å². The van der Waals surface area contributed by atoms with Gasteiger partial charge in [0.05, 0.1) is 6.61 Å². The average molecular weight is 259 g/mol. The van der Waals surface area contributed by atoms with E-state index in [2.05, 4.69) is 6.92 Å². The van der Waals surface area contributed by atoms with Crippen molar-refractivity contribution in [2.24, 2.45) is 11.7 Å². The van der Waals surface area contributed by atoms with E-state index in [0.29, 0.717) is 12.5 Å². The number of thioether (sulfide) groups is 1. The molecule has 0 aromatic heterocycles. The van der Waals surface area contributed by atoms with E-state index in [4.69, 9.17) is 10.5 Å². The van der Waals surface area contributed by atoms with Crippen molar-refractivity contribution < 1.29 is 9.53 Å². The molecule has 0 heterocycles. The van der Waals surface area contributed by atoms with Crippen LogP contribution in [-0.4, -0.2) is 29.6 Å². The number of nitrogens with two attached hydrogens (primary N) is 1. The second kappa shape index (κ2) is 7.27. The molecule has 2 atom stereocenters. The lowest BCUT2D eigenvalue weighted by atomic mass is 9.86. The minimum absolute atomic E-state index is 0.192. The van der Waals surface area contributed by atoms with Gasteiger partial charge >= 0.3 is 5.97 Å². The van der Waals surface area contributed by atoms with Crippen LogP contribution >= 0.6 is 11.8 Å². The molecule has 1 rings (SSSR count). The third-order valence-electron chi connectivity index (χ3n) is 3.49. The first-order valence-electron chi connectivity index (χ1n) is 6.69. The van der Waals surface area contributed by atoms with Gasteiger partial charge in [-0.2, -0.15) is 11.8 Å². The Balaban J connectivity index is 2.44. The predicted octanol–water partition coefficient (Wildman–Crippen LogP) is 2.58. The largest absolute Gasteiger partial charge is 0.465 e. The highest BCUT2D eigenvalue weighted by Crippen LogP contribution is 2.37. The molecule has 1 fully saturated rings. The molecule has 17 heavy (non-hydrogen) atoms. The Labute approximate surface area is 109 Å². The van der Waals surface area contributed by atoms with Gasteiger partial charge in [0.2, 0.25) is 0 Å². The van der Waals surface area contributed by atoms with Crippen molar-refractivity contribution in [1.29, 1.82) is 0 Å². The number of hydrogen-bond acceptors (Lipinski definition) is 4. The second-order valence-electron chi connectivity index (χ2n) is 4.75. The first-order chi connectivity index (χ1) is 8.15. The SMILES string of the molecule is CCCSCCC1CCCC1(N)C(=O)OCC. The second-order valence-corrected chi connectivity index (χ2v) is 5.98. The van der Waals surface area contributed by atoms with Crippen LogP contribution in [0, 0.1) is 5.92 Å².